The highest BCUT2D eigenvalue weighted by Crippen LogP contribution is 2.31. The van der Waals surface area contributed by atoms with Crippen LogP contribution in [0.4, 0.5) is 0 Å². The molecule has 0 fully saturated rings. The van der Waals surface area contributed by atoms with Gasteiger partial charge in [-0.1, -0.05) is 18.2 Å². The first-order valence-corrected chi connectivity index (χ1v) is 9.43. The van der Waals surface area contributed by atoms with E-state index in [0.29, 0.717) is 34.0 Å². The van der Waals surface area contributed by atoms with Crippen LogP contribution in [0, 0.1) is 6.92 Å². The molecule has 0 unspecified atom stereocenters. The first-order valence-electron chi connectivity index (χ1n) is 9.43. The van der Waals surface area contributed by atoms with Gasteiger partial charge in [0.05, 0.1) is 31.6 Å². The zero-order chi connectivity index (χ0) is 21.1. The molecule has 152 valence electrons. The third kappa shape index (κ3) is 3.72. The van der Waals surface area contributed by atoms with E-state index in [1.165, 1.54) is 0 Å². The second kappa shape index (κ2) is 8.29. The molecule has 0 bridgehead atoms. The van der Waals surface area contributed by atoms with Crippen LogP contribution in [0.15, 0.2) is 65.3 Å². The Bertz CT molecular complexity index is 1200. The Labute approximate surface area is 174 Å². The van der Waals surface area contributed by atoms with Crippen molar-refractivity contribution in [2.45, 2.75) is 13.5 Å². The quantitative estimate of drug-likeness (QED) is 0.413. The molecule has 2 heterocycles. The highest BCUT2D eigenvalue weighted by Gasteiger charge is 2.17. The van der Waals surface area contributed by atoms with Gasteiger partial charge in [-0.05, 0) is 54.4 Å². The zero-order valence-corrected chi connectivity index (χ0v) is 17.0. The summed E-state index contributed by atoms with van der Waals surface area (Å²) in [5.74, 6) is 1.37. The average molecular weight is 403 g/mol. The summed E-state index contributed by atoms with van der Waals surface area (Å²) in [6.07, 6.45) is 1.57. The summed E-state index contributed by atoms with van der Waals surface area (Å²) in [6, 6.07) is 16.4. The number of aromatic nitrogens is 1. The lowest BCUT2D eigenvalue weighted by Crippen LogP contribution is -2.08. The van der Waals surface area contributed by atoms with Crippen LogP contribution in [0.2, 0.25) is 0 Å². The SMILES string of the molecule is COc1cc(C)c(COC(=O)c2cc(-c3ccco3)nc3ccccc23)cc1OC. The maximum atomic E-state index is 13.0. The Balaban J connectivity index is 1.66. The summed E-state index contributed by atoms with van der Waals surface area (Å²) in [5, 5.41) is 0.724. The number of hydrogen-bond donors (Lipinski definition) is 0. The first kappa shape index (κ1) is 19.5. The first-order chi connectivity index (χ1) is 14.6. The van der Waals surface area contributed by atoms with E-state index in [4.69, 9.17) is 18.6 Å². The predicted molar refractivity (Wildman–Crippen MR) is 113 cm³/mol. The number of esters is 1. The Morgan fingerprint density at radius 2 is 1.77 bits per heavy atom. The van der Waals surface area contributed by atoms with Crippen LogP contribution in [0.5, 0.6) is 11.5 Å². The van der Waals surface area contributed by atoms with Crippen molar-refractivity contribution < 1.29 is 23.4 Å². The van der Waals surface area contributed by atoms with Crippen molar-refractivity contribution in [1.82, 2.24) is 4.98 Å². The molecule has 0 saturated carbocycles. The number of furan rings is 1. The van der Waals surface area contributed by atoms with Crippen molar-refractivity contribution in [3.05, 3.63) is 77.6 Å². The Kier molecular flexibility index (Phi) is 5.39. The monoisotopic (exact) mass is 403 g/mol. The molecule has 0 radical (unpaired) electrons. The summed E-state index contributed by atoms with van der Waals surface area (Å²) in [6.45, 7) is 2.04. The van der Waals surface area contributed by atoms with E-state index < -0.39 is 5.97 Å². The number of carbonyl (C=O) groups excluding carboxylic acids is 1. The summed E-state index contributed by atoms with van der Waals surface area (Å²) < 4.78 is 21.8. The van der Waals surface area contributed by atoms with E-state index in [0.717, 1.165) is 16.5 Å². The van der Waals surface area contributed by atoms with Crippen molar-refractivity contribution in [1.29, 1.82) is 0 Å². The lowest BCUT2D eigenvalue weighted by molar-refractivity contribution is 0.0474. The van der Waals surface area contributed by atoms with Gasteiger partial charge in [-0.15, -0.1) is 0 Å². The van der Waals surface area contributed by atoms with E-state index in [2.05, 4.69) is 4.98 Å². The Hall–Kier alpha value is -3.80. The third-order valence-corrected chi connectivity index (χ3v) is 4.91. The number of fused-ring (bicyclic) bond motifs is 1. The fraction of sp³-hybridized carbons (Fsp3) is 0.167. The van der Waals surface area contributed by atoms with Crippen molar-refractivity contribution >= 4 is 16.9 Å². The minimum absolute atomic E-state index is 0.109. The number of aryl methyl sites for hydroxylation is 1. The van der Waals surface area contributed by atoms with Crippen LogP contribution < -0.4 is 9.47 Å². The molecular formula is C24H21NO5. The van der Waals surface area contributed by atoms with Crippen LogP contribution in [0.3, 0.4) is 0 Å². The molecule has 0 saturated heterocycles. The molecule has 0 amide bonds. The topological polar surface area (TPSA) is 70.8 Å². The molecule has 30 heavy (non-hydrogen) atoms. The second-order valence-electron chi connectivity index (χ2n) is 6.76. The van der Waals surface area contributed by atoms with Crippen LogP contribution in [-0.2, 0) is 11.3 Å². The van der Waals surface area contributed by atoms with Crippen LogP contribution in [0.25, 0.3) is 22.4 Å². The van der Waals surface area contributed by atoms with E-state index >= 15 is 0 Å². The Morgan fingerprint density at radius 3 is 2.50 bits per heavy atom. The van der Waals surface area contributed by atoms with Gasteiger partial charge in [0.2, 0.25) is 0 Å². The largest absolute Gasteiger partial charge is 0.493 e. The molecule has 0 aliphatic carbocycles. The van der Waals surface area contributed by atoms with Gasteiger partial charge in [-0.2, -0.15) is 0 Å². The minimum atomic E-state index is -0.435. The number of pyridine rings is 1. The maximum absolute atomic E-state index is 13.0. The van der Waals surface area contributed by atoms with Crippen molar-refractivity contribution in [3.63, 3.8) is 0 Å². The summed E-state index contributed by atoms with van der Waals surface area (Å²) in [5.41, 5.74) is 3.49. The van der Waals surface area contributed by atoms with Crippen molar-refractivity contribution in [2.24, 2.45) is 0 Å². The normalized spacial score (nSPS) is 10.8. The van der Waals surface area contributed by atoms with Gasteiger partial charge in [0.15, 0.2) is 17.3 Å². The van der Waals surface area contributed by atoms with Gasteiger partial charge in [0.1, 0.15) is 12.3 Å². The number of para-hydroxylation sites is 1. The second-order valence-corrected chi connectivity index (χ2v) is 6.76. The van der Waals surface area contributed by atoms with E-state index in [9.17, 15) is 4.79 Å². The van der Waals surface area contributed by atoms with Crippen molar-refractivity contribution in [2.75, 3.05) is 14.2 Å². The number of methoxy groups -OCH3 is 2. The standard InChI is InChI=1S/C24H21NO5/c1-15-11-22(27-2)23(28-3)12-16(15)14-30-24(26)18-13-20(21-9-6-10-29-21)25-19-8-5-4-7-17(18)19/h4-13H,14H2,1-3H3. The highest BCUT2D eigenvalue weighted by molar-refractivity contribution is 6.04. The van der Waals surface area contributed by atoms with Crippen molar-refractivity contribution in [3.8, 4) is 23.0 Å². The van der Waals surface area contributed by atoms with Crippen LogP contribution in [-0.4, -0.2) is 25.2 Å². The van der Waals surface area contributed by atoms with Gasteiger partial charge in [-0.25, -0.2) is 9.78 Å². The smallest absolute Gasteiger partial charge is 0.339 e. The molecule has 0 atom stereocenters. The fourth-order valence-corrected chi connectivity index (χ4v) is 3.29. The summed E-state index contributed by atoms with van der Waals surface area (Å²) in [7, 11) is 3.16. The Morgan fingerprint density at radius 1 is 1.00 bits per heavy atom. The van der Waals surface area contributed by atoms with E-state index in [1.807, 2.05) is 43.3 Å². The minimum Gasteiger partial charge on any atom is -0.493 e. The maximum Gasteiger partial charge on any atom is 0.339 e. The highest BCUT2D eigenvalue weighted by atomic mass is 16.5. The molecule has 0 N–H and O–H groups in total. The van der Waals surface area contributed by atoms with Gasteiger partial charge in [0.25, 0.3) is 0 Å². The molecule has 6 heteroatoms. The molecule has 2 aromatic carbocycles. The number of nitrogens with zero attached hydrogens (tertiary/aromatic N) is 1. The number of hydrogen-bond acceptors (Lipinski definition) is 6. The van der Waals surface area contributed by atoms with Gasteiger partial charge < -0.3 is 18.6 Å². The van der Waals surface area contributed by atoms with Crippen LogP contribution >= 0.6 is 0 Å². The number of benzene rings is 2. The van der Waals surface area contributed by atoms with Gasteiger partial charge in [0, 0.05) is 5.39 Å². The molecule has 4 aromatic rings. The number of carbonyl (C=O) groups is 1. The average Bonchev–Trinajstić information content (AvgIpc) is 3.32. The number of rotatable bonds is 6. The molecule has 4 rings (SSSR count). The van der Waals surface area contributed by atoms with E-state index in [-0.39, 0.29) is 6.61 Å². The third-order valence-electron chi connectivity index (χ3n) is 4.91. The van der Waals surface area contributed by atoms with E-state index in [1.54, 1.807) is 38.7 Å². The van der Waals surface area contributed by atoms with Gasteiger partial charge in [-0.3, -0.25) is 0 Å². The molecule has 0 aliphatic rings. The summed E-state index contributed by atoms with van der Waals surface area (Å²) >= 11 is 0. The molecule has 0 aliphatic heterocycles. The number of ether oxygens (including phenoxy) is 3. The zero-order valence-electron chi connectivity index (χ0n) is 17.0. The molecule has 6 nitrogen and oxygen atoms in total. The molecule has 0 spiro atoms. The van der Waals surface area contributed by atoms with Crippen LogP contribution in [0.1, 0.15) is 21.5 Å². The lowest BCUT2D eigenvalue weighted by Gasteiger charge is -2.14. The fourth-order valence-electron chi connectivity index (χ4n) is 3.29. The van der Waals surface area contributed by atoms with Gasteiger partial charge >= 0.3 is 5.97 Å². The predicted octanol–water partition coefficient (Wildman–Crippen LogP) is 5.18. The lowest BCUT2D eigenvalue weighted by atomic mass is 10.1. The molecular weight excluding hydrogens is 382 g/mol. The summed E-state index contributed by atoms with van der Waals surface area (Å²) in [4.78, 5) is 17.6. The molecule has 2 aromatic heterocycles.